The van der Waals surface area contributed by atoms with Gasteiger partial charge < -0.3 is 15.5 Å². The Morgan fingerprint density at radius 1 is 1.41 bits per heavy atom. The molecule has 92 valence electrons. The summed E-state index contributed by atoms with van der Waals surface area (Å²) in [6, 6.07) is 5.45. The van der Waals surface area contributed by atoms with Crippen molar-refractivity contribution < 1.29 is 4.79 Å². The lowest BCUT2D eigenvalue weighted by Gasteiger charge is -2.41. The molecule has 1 fully saturated rings. The number of hydrogen-bond acceptors (Lipinski definition) is 3. The largest absolute Gasteiger partial charge is 0.355 e. The molecule has 0 bridgehead atoms. The summed E-state index contributed by atoms with van der Waals surface area (Å²) in [7, 11) is 0. The van der Waals surface area contributed by atoms with Crippen molar-refractivity contribution in [1.82, 2.24) is 5.32 Å². The molecule has 1 amide bonds. The second-order valence-electron chi connectivity index (χ2n) is 4.06. The third-order valence-electron chi connectivity index (χ3n) is 3.07. The number of halogens is 2. The van der Waals surface area contributed by atoms with Gasteiger partial charge in [-0.15, -0.1) is 12.4 Å². The zero-order chi connectivity index (χ0) is 11.1. The van der Waals surface area contributed by atoms with Crippen LogP contribution in [0.25, 0.3) is 0 Å². The van der Waals surface area contributed by atoms with Crippen LogP contribution in [-0.2, 0) is 4.79 Å². The Bertz CT molecular complexity index is 452. The Hall–Kier alpha value is -0.970. The summed E-state index contributed by atoms with van der Waals surface area (Å²) in [4.78, 5) is 14.0. The Labute approximate surface area is 111 Å². The van der Waals surface area contributed by atoms with Gasteiger partial charge in [0.1, 0.15) is 6.04 Å². The van der Waals surface area contributed by atoms with Crippen LogP contribution in [-0.4, -0.2) is 31.6 Å². The predicted octanol–water partition coefficient (Wildman–Crippen LogP) is 1.49. The van der Waals surface area contributed by atoms with E-state index in [1.807, 2.05) is 12.1 Å². The molecule has 3 rings (SSSR count). The Kier molecular flexibility index (Phi) is 3.47. The highest BCUT2D eigenvalue weighted by atomic mass is 35.5. The van der Waals surface area contributed by atoms with Gasteiger partial charge in [-0.3, -0.25) is 4.79 Å². The lowest BCUT2D eigenvalue weighted by molar-refractivity contribution is -0.117. The van der Waals surface area contributed by atoms with Gasteiger partial charge in [0, 0.05) is 24.7 Å². The van der Waals surface area contributed by atoms with Crippen LogP contribution in [0, 0.1) is 0 Å². The van der Waals surface area contributed by atoms with E-state index in [0.29, 0.717) is 11.6 Å². The number of carbonyl (C=O) groups excluding carboxylic acids is 1. The minimum Gasteiger partial charge on any atom is -0.355 e. The Morgan fingerprint density at radius 2 is 2.24 bits per heavy atom. The summed E-state index contributed by atoms with van der Waals surface area (Å²) >= 11 is 5.99. The molecule has 6 heteroatoms. The maximum Gasteiger partial charge on any atom is 0.248 e. The van der Waals surface area contributed by atoms with Gasteiger partial charge in [0.15, 0.2) is 0 Å². The number of nitrogens with zero attached hydrogens (tertiary/aromatic N) is 1. The van der Waals surface area contributed by atoms with Crippen molar-refractivity contribution in [3.63, 3.8) is 0 Å². The maximum atomic E-state index is 11.9. The standard InChI is InChI=1S/C11H12ClN3O.ClH/c12-7-1-2-8-9(5-7)15-4-3-13-6-10(15)11(16)14-8;/h1-2,5,10,13H,3-4,6H2,(H,14,16);1H/t10-;/m1./s1. The number of benzene rings is 1. The van der Waals surface area contributed by atoms with Crippen molar-refractivity contribution in [3.8, 4) is 0 Å². The van der Waals surface area contributed by atoms with Gasteiger partial charge in [0.25, 0.3) is 0 Å². The van der Waals surface area contributed by atoms with Crippen LogP contribution in [0.1, 0.15) is 0 Å². The van der Waals surface area contributed by atoms with E-state index in [1.54, 1.807) is 6.07 Å². The second-order valence-corrected chi connectivity index (χ2v) is 4.50. The van der Waals surface area contributed by atoms with Gasteiger partial charge in [0.05, 0.1) is 11.4 Å². The lowest BCUT2D eigenvalue weighted by Crippen LogP contribution is -2.58. The van der Waals surface area contributed by atoms with Gasteiger partial charge in [-0.2, -0.15) is 0 Å². The molecule has 0 aliphatic carbocycles. The number of hydrogen-bond donors (Lipinski definition) is 2. The summed E-state index contributed by atoms with van der Waals surface area (Å²) in [5.74, 6) is 0.0574. The first-order chi connectivity index (χ1) is 7.75. The fraction of sp³-hybridized carbons (Fsp3) is 0.364. The molecule has 2 N–H and O–H groups in total. The number of anilines is 2. The first kappa shape index (κ1) is 12.5. The third kappa shape index (κ3) is 2.08. The minimum absolute atomic E-state index is 0. The van der Waals surface area contributed by atoms with Crippen molar-refractivity contribution in [1.29, 1.82) is 0 Å². The number of carbonyl (C=O) groups is 1. The topological polar surface area (TPSA) is 44.4 Å². The van der Waals surface area contributed by atoms with Gasteiger partial charge in [0.2, 0.25) is 5.91 Å². The summed E-state index contributed by atoms with van der Waals surface area (Å²) in [5.41, 5.74) is 1.88. The quantitative estimate of drug-likeness (QED) is 0.753. The highest BCUT2D eigenvalue weighted by Crippen LogP contribution is 2.34. The smallest absolute Gasteiger partial charge is 0.248 e. The van der Waals surface area contributed by atoms with E-state index in [1.165, 1.54) is 0 Å². The number of rotatable bonds is 0. The number of piperazine rings is 1. The molecule has 1 saturated heterocycles. The predicted molar refractivity (Wildman–Crippen MR) is 71.3 cm³/mol. The van der Waals surface area contributed by atoms with Crippen LogP contribution in [0.2, 0.25) is 5.02 Å². The van der Waals surface area contributed by atoms with Gasteiger partial charge in [-0.25, -0.2) is 0 Å². The maximum absolute atomic E-state index is 11.9. The summed E-state index contributed by atoms with van der Waals surface area (Å²) in [6.07, 6.45) is 0. The fourth-order valence-corrected chi connectivity index (χ4v) is 2.46. The molecule has 0 saturated carbocycles. The SMILES string of the molecule is Cl.O=C1Nc2ccc(Cl)cc2N2CCNC[C@H]12. The van der Waals surface area contributed by atoms with Crippen LogP contribution in [0.4, 0.5) is 11.4 Å². The Morgan fingerprint density at radius 3 is 3.06 bits per heavy atom. The van der Waals surface area contributed by atoms with E-state index in [0.717, 1.165) is 24.5 Å². The van der Waals surface area contributed by atoms with Crippen molar-refractivity contribution >= 4 is 41.3 Å². The van der Waals surface area contributed by atoms with Crippen molar-refractivity contribution in [3.05, 3.63) is 23.2 Å². The molecule has 1 atom stereocenters. The van der Waals surface area contributed by atoms with Crippen LogP contribution in [0.15, 0.2) is 18.2 Å². The van der Waals surface area contributed by atoms with E-state index in [-0.39, 0.29) is 24.4 Å². The van der Waals surface area contributed by atoms with Crippen molar-refractivity contribution in [2.75, 3.05) is 29.9 Å². The lowest BCUT2D eigenvalue weighted by atomic mass is 10.1. The zero-order valence-corrected chi connectivity index (χ0v) is 10.6. The second kappa shape index (κ2) is 4.72. The summed E-state index contributed by atoms with van der Waals surface area (Å²) < 4.78 is 0. The molecule has 2 aliphatic heterocycles. The van der Waals surface area contributed by atoms with Gasteiger partial charge in [-0.1, -0.05) is 11.6 Å². The zero-order valence-electron chi connectivity index (χ0n) is 9.07. The van der Waals surface area contributed by atoms with Gasteiger partial charge in [-0.05, 0) is 18.2 Å². The summed E-state index contributed by atoms with van der Waals surface area (Å²) in [5, 5.41) is 6.83. The van der Waals surface area contributed by atoms with Crippen LogP contribution in [0.5, 0.6) is 0 Å². The normalized spacial score (nSPS) is 22.1. The van der Waals surface area contributed by atoms with Crippen molar-refractivity contribution in [2.45, 2.75) is 6.04 Å². The molecular formula is C11H13Cl2N3O. The number of fused-ring (bicyclic) bond motifs is 3. The van der Waals surface area contributed by atoms with E-state index in [9.17, 15) is 4.79 Å². The molecule has 2 aliphatic rings. The highest BCUT2D eigenvalue weighted by molar-refractivity contribution is 6.31. The molecule has 0 unspecified atom stereocenters. The third-order valence-corrected chi connectivity index (χ3v) is 3.31. The molecule has 0 spiro atoms. The highest BCUT2D eigenvalue weighted by Gasteiger charge is 2.34. The van der Waals surface area contributed by atoms with E-state index >= 15 is 0 Å². The fourth-order valence-electron chi connectivity index (χ4n) is 2.29. The Balaban J connectivity index is 0.00000108. The molecule has 0 radical (unpaired) electrons. The van der Waals surface area contributed by atoms with Crippen LogP contribution < -0.4 is 15.5 Å². The van der Waals surface area contributed by atoms with E-state index in [2.05, 4.69) is 15.5 Å². The average Bonchev–Trinajstić information content (AvgIpc) is 2.31. The molecule has 1 aromatic carbocycles. The number of nitrogens with one attached hydrogen (secondary N) is 2. The van der Waals surface area contributed by atoms with Crippen LogP contribution in [0.3, 0.4) is 0 Å². The van der Waals surface area contributed by atoms with Gasteiger partial charge >= 0.3 is 0 Å². The molecular weight excluding hydrogens is 261 g/mol. The molecule has 2 heterocycles. The molecule has 4 nitrogen and oxygen atoms in total. The van der Waals surface area contributed by atoms with E-state index < -0.39 is 0 Å². The van der Waals surface area contributed by atoms with E-state index in [4.69, 9.17) is 11.6 Å². The molecule has 0 aromatic heterocycles. The number of amides is 1. The monoisotopic (exact) mass is 273 g/mol. The summed E-state index contributed by atoms with van der Waals surface area (Å²) in [6.45, 7) is 2.43. The first-order valence-corrected chi connectivity index (χ1v) is 5.71. The van der Waals surface area contributed by atoms with Crippen LogP contribution >= 0.6 is 24.0 Å². The average molecular weight is 274 g/mol. The van der Waals surface area contributed by atoms with Crippen molar-refractivity contribution in [2.24, 2.45) is 0 Å². The minimum atomic E-state index is -0.111. The molecule has 17 heavy (non-hydrogen) atoms. The first-order valence-electron chi connectivity index (χ1n) is 5.33. The molecule has 1 aromatic rings.